The van der Waals surface area contributed by atoms with Gasteiger partial charge in [-0.05, 0) is 17.2 Å². The van der Waals surface area contributed by atoms with Gasteiger partial charge in [-0.25, -0.2) is 14.8 Å². The van der Waals surface area contributed by atoms with E-state index in [1.165, 1.54) is 0 Å². The highest BCUT2D eigenvalue weighted by Crippen LogP contribution is 2.09. The highest BCUT2D eigenvalue weighted by Gasteiger charge is 2.23. The fourth-order valence-corrected chi connectivity index (χ4v) is 4.05. The normalized spacial score (nSPS) is 14.6. The van der Waals surface area contributed by atoms with Gasteiger partial charge in [-0.2, -0.15) is 0 Å². The molecule has 1 aliphatic rings. The van der Waals surface area contributed by atoms with E-state index in [-0.39, 0.29) is 12.5 Å². The number of alkyl carbamates (subject to hydrolysis) is 1. The molecule has 0 saturated carbocycles. The van der Waals surface area contributed by atoms with Gasteiger partial charge in [0.2, 0.25) is 11.9 Å². The Morgan fingerprint density at radius 1 is 0.861 bits per heavy atom. The van der Waals surface area contributed by atoms with E-state index in [1.54, 1.807) is 12.4 Å². The number of carbonyl (C=O) groups excluding carboxylic acids is 2. The molecule has 0 bridgehead atoms. The van der Waals surface area contributed by atoms with E-state index in [2.05, 4.69) is 30.4 Å². The maximum Gasteiger partial charge on any atom is 0.408 e. The first-order chi connectivity index (χ1) is 17.7. The Kier molecular flexibility index (Phi) is 9.21. The molecular weight excluding hydrogens is 456 g/mol. The van der Waals surface area contributed by atoms with Crippen molar-refractivity contribution in [3.05, 3.63) is 90.3 Å². The van der Waals surface area contributed by atoms with Crippen LogP contribution >= 0.6 is 0 Å². The number of piperazine rings is 1. The van der Waals surface area contributed by atoms with Gasteiger partial charge in [-0.1, -0.05) is 60.7 Å². The molecule has 9 heteroatoms. The average Bonchev–Trinajstić information content (AvgIpc) is 2.93. The summed E-state index contributed by atoms with van der Waals surface area (Å²) in [6, 6.07) is 20.1. The van der Waals surface area contributed by atoms with E-state index in [4.69, 9.17) is 4.74 Å². The number of amides is 2. The number of nitrogens with zero attached hydrogens (tertiary/aromatic N) is 4. The second-order valence-corrected chi connectivity index (χ2v) is 8.62. The van der Waals surface area contributed by atoms with Crippen LogP contribution < -0.4 is 15.5 Å². The quantitative estimate of drug-likeness (QED) is 0.452. The summed E-state index contributed by atoms with van der Waals surface area (Å²) in [5.41, 5.74) is 1.84. The van der Waals surface area contributed by atoms with Crippen molar-refractivity contribution < 1.29 is 14.3 Å². The number of hydrogen-bond donors (Lipinski definition) is 2. The van der Waals surface area contributed by atoms with E-state index in [0.29, 0.717) is 13.0 Å². The molecule has 36 heavy (non-hydrogen) atoms. The summed E-state index contributed by atoms with van der Waals surface area (Å²) in [7, 11) is 0. The van der Waals surface area contributed by atoms with E-state index in [0.717, 1.165) is 49.8 Å². The zero-order chi connectivity index (χ0) is 25.0. The van der Waals surface area contributed by atoms with E-state index >= 15 is 0 Å². The van der Waals surface area contributed by atoms with Crippen molar-refractivity contribution in [1.29, 1.82) is 0 Å². The van der Waals surface area contributed by atoms with Gasteiger partial charge >= 0.3 is 6.09 Å². The maximum absolute atomic E-state index is 13.0. The first-order valence-corrected chi connectivity index (χ1v) is 12.2. The first kappa shape index (κ1) is 25.1. The smallest absolute Gasteiger partial charge is 0.408 e. The summed E-state index contributed by atoms with van der Waals surface area (Å²) < 4.78 is 5.34. The minimum absolute atomic E-state index is 0.145. The third kappa shape index (κ3) is 7.78. The molecule has 9 nitrogen and oxygen atoms in total. The molecule has 0 radical (unpaired) electrons. The molecule has 0 unspecified atom stereocenters. The zero-order valence-corrected chi connectivity index (χ0v) is 20.3. The number of rotatable bonds is 10. The minimum Gasteiger partial charge on any atom is -0.445 e. The molecule has 0 aliphatic carbocycles. The maximum atomic E-state index is 13.0. The van der Waals surface area contributed by atoms with Crippen molar-refractivity contribution in [2.24, 2.45) is 0 Å². The fourth-order valence-electron chi connectivity index (χ4n) is 4.05. The number of aromatic nitrogens is 2. The largest absolute Gasteiger partial charge is 0.445 e. The van der Waals surface area contributed by atoms with Gasteiger partial charge in [0.25, 0.3) is 0 Å². The van der Waals surface area contributed by atoms with Crippen LogP contribution in [0.5, 0.6) is 0 Å². The standard InChI is InChI=1S/C27H32N6O3/c34-25(28-14-15-32-16-18-33(19-17-32)26-29-12-7-13-30-26)24(20-22-8-3-1-4-9-22)31-27(35)36-21-23-10-5-2-6-11-23/h1-13,24H,14-21H2,(H,28,34)(H,31,35)/t24-/m0/s1. The fraction of sp³-hybridized carbons (Fsp3) is 0.333. The number of carbonyl (C=O) groups is 2. The molecule has 2 heterocycles. The summed E-state index contributed by atoms with van der Waals surface area (Å²) in [6.07, 6.45) is 3.26. The highest BCUT2D eigenvalue weighted by atomic mass is 16.5. The third-order valence-electron chi connectivity index (χ3n) is 6.04. The van der Waals surface area contributed by atoms with Gasteiger partial charge in [0.05, 0.1) is 0 Å². The Hall–Kier alpha value is -3.98. The van der Waals surface area contributed by atoms with Gasteiger partial charge in [0, 0.05) is 58.1 Å². The molecule has 1 aliphatic heterocycles. The Balaban J connectivity index is 1.24. The number of benzene rings is 2. The van der Waals surface area contributed by atoms with E-state index in [1.807, 2.05) is 66.7 Å². The lowest BCUT2D eigenvalue weighted by atomic mass is 10.1. The molecule has 1 saturated heterocycles. The summed E-state index contributed by atoms with van der Waals surface area (Å²) in [5, 5.41) is 5.72. The molecule has 3 aromatic rings. The molecule has 4 rings (SSSR count). The van der Waals surface area contributed by atoms with Gasteiger partial charge in [0.1, 0.15) is 12.6 Å². The number of nitrogens with one attached hydrogen (secondary N) is 2. The number of ether oxygens (including phenoxy) is 1. The van der Waals surface area contributed by atoms with Crippen molar-refractivity contribution in [3.8, 4) is 0 Å². The zero-order valence-electron chi connectivity index (χ0n) is 20.3. The Morgan fingerprint density at radius 2 is 1.50 bits per heavy atom. The number of anilines is 1. The minimum atomic E-state index is -0.734. The molecule has 2 amide bonds. The van der Waals surface area contributed by atoms with Crippen molar-refractivity contribution in [2.75, 3.05) is 44.2 Å². The van der Waals surface area contributed by atoms with Crippen LogP contribution in [0.2, 0.25) is 0 Å². The molecule has 1 fully saturated rings. The van der Waals surface area contributed by atoms with Crippen LogP contribution in [0.1, 0.15) is 11.1 Å². The molecule has 188 valence electrons. The van der Waals surface area contributed by atoms with Gasteiger partial charge < -0.3 is 20.3 Å². The second kappa shape index (κ2) is 13.2. The van der Waals surface area contributed by atoms with E-state index < -0.39 is 12.1 Å². The van der Waals surface area contributed by atoms with Crippen molar-refractivity contribution in [2.45, 2.75) is 19.1 Å². The van der Waals surface area contributed by atoms with E-state index in [9.17, 15) is 9.59 Å². The van der Waals surface area contributed by atoms with Crippen LogP contribution in [0.3, 0.4) is 0 Å². The Labute approximate surface area is 211 Å². The molecule has 1 atom stereocenters. The Morgan fingerprint density at radius 3 is 2.17 bits per heavy atom. The van der Waals surface area contributed by atoms with Crippen LogP contribution in [0.4, 0.5) is 10.7 Å². The van der Waals surface area contributed by atoms with Crippen LogP contribution in [-0.4, -0.2) is 72.2 Å². The first-order valence-electron chi connectivity index (χ1n) is 12.2. The summed E-state index contributed by atoms with van der Waals surface area (Å²) in [4.78, 5) is 38.6. The monoisotopic (exact) mass is 488 g/mol. The number of hydrogen-bond acceptors (Lipinski definition) is 7. The summed E-state index contributed by atoms with van der Waals surface area (Å²) in [5.74, 6) is 0.520. The second-order valence-electron chi connectivity index (χ2n) is 8.62. The molecular formula is C27H32N6O3. The van der Waals surface area contributed by atoms with Crippen LogP contribution in [-0.2, 0) is 22.6 Å². The lowest BCUT2D eigenvalue weighted by Gasteiger charge is -2.34. The van der Waals surface area contributed by atoms with Gasteiger partial charge in [0.15, 0.2) is 0 Å². The molecule has 1 aromatic heterocycles. The van der Waals surface area contributed by atoms with Crippen molar-refractivity contribution in [1.82, 2.24) is 25.5 Å². The SMILES string of the molecule is O=C(N[C@@H](Cc1ccccc1)C(=O)NCCN1CCN(c2ncccn2)CC1)OCc1ccccc1. The summed E-state index contributed by atoms with van der Waals surface area (Å²) in [6.45, 7) is 4.77. The predicted octanol–water partition coefficient (Wildman–Crippen LogP) is 2.25. The van der Waals surface area contributed by atoms with Crippen LogP contribution in [0.25, 0.3) is 0 Å². The van der Waals surface area contributed by atoms with Gasteiger partial charge in [-0.3, -0.25) is 9.69 Å². The third-order valence-corrected chi connectivity index (χ3v) is 6.04. The summed E-state index contributed by atoms with van der Waals surface area (Å²) >= 11 is 0. The van der Waals surface area contributed by atoms with Crippen LogP contribution in [0, 0.1) is 0 Å². The average molecular weight is 489 g/mol. The topological polar surface area (TPSA) is 99.7 Å². The van der Waals surface area contributed by atoms with Crippen molar-refractivity contribution in [3.63, 3.8) is 0 Å². The van der Waals surface area contributed by atoms with Gasteiger partial charge in [-0.15, -0.1) is 0 Å². The van der Waals surface area contributed by atoms with Crippen molar-refractivity contribution >= 4 is 17.9 Å². The highest BCUT2D eigenvalue weighted by molar-refractivity contribution is 5.85. The molecule has 2 N–H and O–H groups in total. The van der Waals surface area contributed by atoms with Crippen LogP contribution in [0.15, 0.2) is 79.1 Å². The Bertz CT molecular complexity index is 1080. The molecule has 0 spiro atoms. The lowest BCUT2D eigenvalue weighted by molar-refractivity contribution is -0.123. The predicted molar refractivity (Wildman–Crippen MR) is 137 cm³/mol. The molecule has 2 aromatic carbocycles. The lowest BCUT2D eigenvalue weighted by Crippen LogP contribution is -2.51.